The van der Waals surface area contributed by atoms with Crippen LogP contribution >= 0.6 is 28.3 Å². The summed E-state index contributed by atoms with van der Waals surface area (Å²) in [7, 11) is 0. The minimum atomic E-state index is -0.473. The van der Waals surface area contributed by atoms with Crippen molar-refractivity contribution in [1.82, 2.24) is 10.6 Å². The summed E-state index contributed by atoms with van der Waals surface area (Å²) in [5.74, 6) is 0.690. The molecule has 122 valence electrons. The Morgan fingerprint density at radius 1 is 1.27 bits per heavy atom. The molecule has 1 amide bonds. The van der Waals surface area contributed by atoms with Crippen molar-refractivity contribution in [3.63, 3.8) is 0 Å². The van der Waals surface area contributed by atoms with E-state index in [-0.39, 0.29) is 24.4 Å². The molecule has 0 saturated carbocycles. The summed E-state index contributed by atoms with van der Waals surface area (Å²) in [6.45, 7) is 1.80. The quantitative estimate of drug-likeness (QED) is 0.832. The zero-order valence-corrected chi connectivity index (χ0v) is 15.0. The number of carbonyl (C=O) groups excluding carboxylic acids is 1. The number of fused-ring (bicyclic) bond motifs is 2. The molecule has 2 fully saturated rings. The van der Waals surface area contributed by atoms with Crippen LogP contribution in [0.3, 0.4) is 0 Å². The van der Waals surface area contributed by atoms with Crippen molar-refractivity contribution in [1.29, 1.82) is 0 Å². The van der Waals surface area contributed by atoms with Gasteiger partial charge in [0.2, 0.25) is 0 Å². The predicted octanol–water partition coefficient (Wildman–Crippen LogP) is 3.04. The van der Waals surface area contributed by atoms with Crippen LogP contribution in [0.2, 0.25) is 0 Å². The lowest BCUT2D eigenvalue weighted by atomic mass is 9.99. The summed E-state index contributed by atoms with van der Waals surface area (Å²) in [4.78, 5) is 12.3. The van der Waals surface area contributed by atoms with Gasteiger partial charge in [-0.05, 0) is 56.9 Å². The first-order valence-electron chi connectivity index (χ1n) is 7.59. The fourth-order valence-corrected chi connectivity index (χ4v) is 3.53. The van der Waals surface area contributed by atoms with E-state index in [1.807, 2.05) is 24.3 Å². The van der Waals surface area contributed by atoms with E-state index < -0.39 is 6.10 Å². The van der Waals surface area contributed by atoms with Gasteiger partial charge in [0, 0.05) is 22.6 Å². The number of benzene rings is 1. The van der Waals surface area contributed by atoms with Gasteiger partial charge >= 0.3 is 0 Å². The predicted molar refractivity (Wildman–Crippen MR) is 92.6 cm³/mol. The fourth-order valence-electron chi connectivity index (χ4n) is 3.26. The normalized spacial score (nSPS) is 27.6. The maximum Gasteiger partial charge on any atom is 0.260 e. The molecule has 0 aromatic heterocycles. The molecule has 2 N–H and O–H groups in total. The fraction of sp³-hybridized carbons (Fsp3) is 0.562. The van der Waals surface area contributed by atoms with Crippen LogP contribution in [0, 0.1) is 0 Å². The number of rotatable bonds is 4. The van der Waals surface area contributed by atoms with E-state index in [1.165, 1.54) is 12.8 Å². The van der Waals surface area contributed by atoms with Crippen molar-refractivity contribution in [2.45, 2.75) is 56.8 Å². The van der Waals surface area contributed by atoms with Crippen LogP contribution in [-0.2, 0) is 4.79 Å². The third-order valence-electron chi connectivity index (χ3n) is 4.32. The zero-order chi connectivity index (χ0) is 14.8. The number of carbonyl (C=O) groups is 1. The van der Waals surface area contributed by atoms with Crippen molar-refractivity contribution >= 4 is 34.2 Å². The van der Waals surface area contributed by atoms with E-state index in [0.717, 1.165) is 17.3 Å². The number of hydrogen-bond acceptors (Lipinski definition) is 3. The van der Waals surface area contributed by atoms with Crippen LogP contribution in [0.15, 0.2) is 28.7 Å². The van der Waals surface area contributed by atoms with Gasteiger partial charge < -0.3 is 15.4 Å². The Kier molecular flexibility index (Phi) is 6.12. The highest BCUT2D eigenvalue weighted by Gasteiger charge is 2.34. The van der Waals surface area contributed by atoms with E-state index in [2.05, 4.69) is 26.6 Å². The average Bonchev–Trinajstić information content (AvgIpc) is 2.80. The van der Waals surface area contributed by atoms with Gasteiger partial charge in [0.1, 0.15) is 5.75 Å². The van der Waals surface area contributed by atoms with Crippen molar-refractivity contribution < 1.29 is 9.53 Å². The molecule has 2 saturated heterocycles. The molecule has 3 atom stereocenters. The SMILES string of the molecule is CC(Oc1ccc(Br)cc1)C(=O)NC1CC2CCC(C1)N2.Cl. The average molecular weight is 390 g/mol. The third kappa shape index (κ3) is 4.37. The van der Waals surface area contributed by atoms with Crippen molar-refractivity contribution in [3.05, 3.63) is 28.7 Å². The number of amides is 1. The van der Waals surface area contributed by atoms with Gasteiger partial charge in [-0.15, -0.1) is 12.4 Å². The van der Waals surface area contributed by atoms with Crippen LogP contribution in [0.1, 0.15) is 32.6 Å². The molecular formula is C16H22BrClN2O2. The van der Waals surface area contributed by atoms with Crippen LogP contribution in [0.5, 0.6) is 5.75 Å². The number of piperidine rings is 1. The zero-order valence-electron chi connectivity index (χ0n) is 12.5. The Hall–Kier alpha value is -0.780. The molecule has 4 nitrogen and oxygen atoms in total. The molecule has 0 spiro atoms. The first-order chi connectivity index (χ1) is 10.1. The molecule has 2 aliphatic rings. The molecule has 3 rings (SSSR count). The Bertz CT molecular complexity index is 499. The second kappa shape index (κ2) is 7.66. The monoisotopic (exact) mass is 388 g/mol. The number of ether oxygens (including phenoxy) is 1. The second-order valence-corrected chi connectivity index (χ2v) is 6.94. The number of nitrogens with one attached hydrogen (secondary N) is 2. The summed E-state index contributed by atoms with van der Waals surface area (Å²) in [6, 6.07) is 8.98. The lowest BCUT2D eigenvalue weighted by molar-refractivity contribution is -0.128. The molecule has 6 heteroatoms. The molecule has 2 bridgehead atoms. The van der Waals surface area contributed by atoms with Gasteiger partial charge in [-0.3, -0.25) is 4.79 Å². The lowest BCUT2D eigenvalue weighted by Crippen LogP contribution is -2.50. The van der Waals surface area contributed by atoms with Gasteiger partial charge in [0.05, 0.1) is 0 Å². The Morgan fingerprint density at radius 3 is 2.45 bits per heavy atom. The number of hydrogen-bond donors (Lipinski definition) is 2. The van der Waals surface area contributed by atoms with E-state index in [1.54, 1.807) is 6.92 Å². The first kappa shape index (κ1) is 17.6. The molecule has 1 aromatic rings. The molecular weight excluding hydrogens is 368 g/mol. The summed E-state index contributed by atoms with van der Waals surface area (Å²) in [5.41, 5.74) is 0. The van der Waals surface area contributed by atoms with Gasteiger partial charge in [-0.2, -0.15) is 0 Å². The van der Waals surface area contributed by atoms with E-state index in [9.17, 15) is 4.79 Å². The van der Waals surface area contributed by atoms with Gasteiger partial charge in [0.25, 0.3) is 5.91 Å². The first-order valence-corrected chi connectivity index (χ1v) is 8.38. The Morgan fingerprint density at radius 2 is 1.86 bits per heavy atom. The summed E-state index contributed by atoms with van der Waals surface area (Å²) >= 11 is 3.38. The molecule has 2 heterocycles. The lowest BCUT2D eigenvalue weighted by Gasteiger charge is -2.30. The van der Waals surface area contributed by atoms with E-state index in [4.69, 9.17) is 4.74 Å². The standard InChI is InChI=1S/C16H21BrN2O2.ClH/c1-10(21-15-6-2-11(17)3-7-15)16(20)19-14-8-12-4-5-13(9-14)18-12;/h2-3,6-7,10,12-14,18H,4-5,8-9H2,1H3,(H,19,20);1H. The van der Waals surface area contributed by atoms with Crippen molar-refractivity contribution in [2.24, 2.45) is 0 Å². The highest BCUT2D eigenvalue weighted by molar-refractivity contribution is 9.10. The van der Waals surface area contributed by atoms with Crippen LogP contribution in [-0.4, -0.2) is 30.1 Å². The van der Waals surface area contributed by atoms with E-state index in [0.29, 0.717) is 17.8 Å². The van der Waals surface area contributed by atoms with Gasteiger partial charge in [0.15, 0.2) is 6.10 Å². The molecule has 3 unspecified atom stereocenters. The molecule has 2 aliphatic heterocycles. The topological polar surface area (TPSA) is 50.4 Å². The van der Waals surface area contributed by atoms with E-state index >= 15 is 0 Å². The smallest absolute Gasteiger partial charge is 0.260 e. The maximum absolute atomic E-state index is 12.3. The largest absolute Gasteiger partial charge is 0.481 e. The molecule has 1 aromatic carbocycles. The summed E-state index contributed by atoms with van der Waals surface area (Å²) in [6.07, 6.45) is 4.07. The van der Waals surface area contributed by atoms with Crippen LogP contribution in [0.25, 0.3) is 0 Å². The molecule has 22 heavy (non-hydrogen) atoms. The van der Waals surface area contributed by atoms with Crippen LogP contribution in [0.4, 0.5) is 0 Å². The Balaban J connectivity index is 0.00000176. The summed E-state index contributed by atoms with van der Waals surface area (Å²) in [5, 5.41) is 6.72. The minimum Gasteiger partial charge on any atom is -0.481 e. The maximum atomic E-state index is 12.3. The second-order valence-electron chi connectivity index (χ2n) is 6.03. The molecule has 0 radical (unpaired) electrons. The third-order valence-corrected chi connectivity index (χ3v) is 4.84. The number of halogens is 2. The van der Waals surface area contributed by atoms with Gasteiger partial charge in [-0.1, -0.05) is 15.9 Å². The minimum absolute atomic E-state index is 0. The van der Waals surface area contributed by atoms with Crippen molar-refractivity contribution in [3.8, 4) is 5.75 Å². The molecule has 0 aliphatic carbocycles. The Labute approximate surface area is 145 Å². The van der Waals surface area contributed by atoms with Gasteiger partial charge in [-0.25, -0.2) is 0 Å². The van der Waals surface area contributed by atoms with Crippen LogP contribution < -0.4 is 15.4 Å². The highest BCUT2D eigenvalue weighted by atomic mass is 79.9. The van der Waals surface area contributed by atoms with Crippen molar-refractivity contribution in [2.75, 3.05) is 0 Å². The summed E-state index contributed by atoms with van der Waals surface area (Å²) < 4.78 is 6.69. The highest BCUT2D eigenvalue weighted by Crippen LogP contribution is 2.26.